The Labute approximate surface area is 168 Å². The summed E-state index contributed by atoms with van der Waals surface area (Å²) in [7, 11) is 0. The van der Waals surface area contributed by atoms with Gasteiger partial charge in [-0.15, -0.1) is 5.46 Å². The average molecular weight is 339 g/mol. The maximum Gasteiger partial charge on any atom is 1.00 e. The second-order valence-corrected chi connectivity index (χ2v) is 5.47. The first kappa shape index (κ1) is 21.5. The van der Waals surface area contributed by atoms with Gasteiger partial charge in [-0.3, -0.25) is 0 Å². The molecule has 0 amide bonds. The van der Waals surface area contributed by atoms with Crippen LogP contribution in [0.5, 0.6) is 0 Å². The van der Waals surface area contributed by atoms with Crippen molar-refractivity contribution in [3.8, 4) is 0 Å². The molecule has 0 heterocycles. The van der Waals surface area contributed by atoms with Crippen LogP contribution in [0.2, 0.25) is 0 Å². The molecule has 0 bridgehead atoms. The second-order valence-electron chi connectivity index (χ2n) is 5.47. The summed E-state index contributed by atoms with van der Waals surface area (Å²) in [6.45, 7) is 0.654. The van der Waals surface area contributed by atoms with Crippen LogP contribution < -0.4 is 56.8 Å². The van der Waals surface area contributed by atoms with Gasteiger partial charge in [0.15, 0.2) is 0 Å². The van der Waals surface area contributed by atoms with Gasteiger partial charge >= 0.3 is 64.3 Å². The van der Waals surface area contributed by atoms with Gasteiger partial charge in [-0.2, -0.15) is 0 Å². The first-order chi connectivity index (χ1) is 9.45. The summed E-state index contributed by atoms with van der Waals surface area (Å²) in [5, 5.41) is 3.14. The monoisotopic (exact) mass is 339 g/mol. The van der Waals surface area contributed by atoms with Gasteiger partial charge in [-0.1, -0.05) is 16.7 Å². The Balaban J connectivity index is 0.00000441. The minimum Gasteiger partial charge on any atom is -0.456 e. The molecule has 0 radical (unpaired) electrons. The number of carbonyl (C=O) groups excluding carboxylic acids is 1. The van der Waals surface area contributed by atoms with E-state index in [-0.39, 0.29) is 68.2 Å². The number of benzene rings is 1. The molecule has 0 aliphatic rings. The summed E-state index contributed by atoms with van der Waals surface area (Å²) in [5.74, 6) is -0.892. The Bertz CT molecular complexity index is 623. The van der Waals surface area contributed by atoms with Crippen molar-refractivity contribution in [2.75, 3.05) is 0 Å². The van der Waals surface area contributed by atoms with Crippen LogP contribution in [-0.4, -0.2) is 18.5 Å². The largest absolute Gasteiger partial charge is 1.00 e. The molecule has 22 heavy (non-hydrogen) atoms. The van der Waals surface area contributed by atoms with Crippen LogP contribution in [0.3, 0.4) is 0 Å². The molecule has 0 N–H and O–H groups in total. The van der Waals surface area contributed by atoms with E-state index in [2.05, 4.69) is 10.0 Å². The minimum atomic E-state index is -5.34. The van der Waals surface area contributed by atoms with Gasteiger partial charge in [0.25, 0.3) is 0 Å². The van der Waals surface area contributed by atoms with Crippen LogP contribution in [0.15, 0.2) is 17.2 Å². The number of nitrogens with zero attached hydrogens (tertiary/aromatic N) is 3. The third kappa shape index (κ3) is 5.94. The topological polar surface area (TPSA) is 75.1 Å². The number of ether oxygens (including phenoxy) is 1. The molecule has 10 heteroatoms. The Morgan fingerprint density at radius 2 is 1.86 bits per heavy atom. The Hall–Kier alpha value is -0.509. The Morgan fingerprint density at radius 3 is 2.27 bits per heavy atom. The van der Waals surface area contributed by atoms with Crippen molar-refractivity contribution in [3.63, 3.8) is 0 Å². The van der Waals surface area contributed by atoms with Crippen LogP contribution >= 0.6 is 0 Å². The Morgan fingerprint density at radius 1 is 1.32 bits per heavy atom. The zero-order chi connectivity index (χ0) is 16.4. The van der Waals surface area contributed by atoms with Crippen molar-refractivity contribution >= 4 is 24.1 Å². The van der Waals surface area contributed by atoms with E-state index in [1.54, 1.807) is 20.8 Å². The maximum absolute atomic E-state index is 13.0. The molecule has 0 aliphatic carbocycles. The van der Waals surface area contributed by atoms with Crippen molar-refractivity contribution in [3.05, 3.63) is 33.7 Å². The van der Waals surface area contributed by atoms with E-state index in [1.807, 2.05) is 0 Å². The molecule has 114 valence electrons. The number of rotatable bonds is 3. The first-order valence-electron chi connectivity index (χ1n) is 6.08. The first-order valence-corrected chi connectivity index (χ1v) is 6.08. The number of halogens is 3. The normalized spacial score (nSPS) is 11.2. The van der Waals surface area contributed by atoms with Crippen molar-refractivity contribution in [2.24, 2.45) is 5.11 Å². The summed E-state index contributed by atoms with van der Waals surface area (Å²) in [4.78, 5) is 14.4. The SMILES string of the molecule is Cc1c(C(=O)OC(C)(C)C)cc(N=[N+]=[N-])cc1[B-](F)(F)F.[K+]. The molecule has 1 rings (SSSR count). The van der Waals surface area contributed by atoms with E-state index in [1.165, 1.54) is 6.92 Å². The fourth-order valence-corrected chi connectivity index (χ4v) is 1.72. The smallest absolute Gasteiger partial charge is 0.456 e. The van der Waals surface area contributed by atoms with Crippen LogP contribution in [-0.2, 0) is 4.74 Å². The van der Waals surface area contributed by atoms with Crippen LogP contribution in [0.1, 0.15) is 36.7 Å². The summed E-state index contributed by atoms with van der Waals surface area (Å²) in [6.07, 6.45) is 0. The molecular formula is C12H14BF3KN3O2. The number of azide groups is 1. The third-order valence-electron chi connectivity index (χ3n) is 2.56. The van der Waals surface area contributed by atoms with Crippen LogP contribution in [0.4, 0.5) is 18.6 Å². The summed E-state index contributed by atoms with van der Waals surface area (Å²) < 4.78 is 44.1. The number of hydrogen-bond donors (Lipinski definition) is 0. The molecule has 0 spiro atoms. The van der Waals surface area contributed by atoms with Crippen molar-refractivity contribution in [1.82, 2.24) is 0 Å². The van der Waals surface area contributed by atoms with Gasteiger partial charge in [0.05, 0.1) is 5.56 Å². The molecule has 0 aliphatic heterocycles. The van der Waals surface area contributed by atoms with Gasteiger partial charge < -0.3 is 17.7 Å². The van der Waals surface area contributed by atoms with Gasteiger partial charge in [-0.05, 0) is 39.3 Å². The molecule has 1 aromatic rings. The van der Waals surface area contributed by atoms with Crippen molar-refractivity contribution in [1.29, 1.82) is 0 Å². The van der Waals surface area contributed by atoms with E-state index in [4.69, 9.17) is 10.3 Å². The zero-order valence-corrected chi connectivity index (χ0v) is 16.1. The summed E-state index contributed by atoms with van der Waals surface area (Å²) >= 11 is 0. The maximum atomic E-state index is 13.0. The summed E-state index contributed by atoms with van der Waals surface area (Å²) in [6, 6.07) is 1.82. The third-order valence-corrected chi connectivity index (χ3v) is 2.56. The fourth-order valence-electron chi connectivity index (χ4n) is 1.72. The number of hydrogen-bond acceptors (Lipinski definition) is 3. The standard InChI is InChI=1S/C12H14BF3N3O2.K/c1-7-9(11(20)21-12(2,3)4)5-8(18-19-17)6-10(7)13(14,15)16;/h5-6H,1-4H3;/q-1;+1. The van der Waals surface area contributed by atoms with Gasteiger partial charge in [0, 0.05) is 10.6 Å². The predicted molar refractivity (Wildman–Crippen MR) is 73.9 cm³/mol. The molecule has 0 saturated carbocycles. The van der Waals surface area contributed by atoms with E-state index < -0.39 is 24.0 Å². The van der Waals surface area contributed by atoms with E-state index in [9.17, 15) is 17.7 Å². The molecule has 0 atom stereocenters. The second kappa shape index (κ2) is 7.85. The van der Waals surface area contributed by atoms with E-state index >= 15 is 0 Å². The molecular weight excluding hydrogens is 325 g/mol. The van der Waals surface area contributed by atoms with Gasteiger partial charge in [0.1, 0.15) is 5.60 Å². The predicted octanol–water partition coefficient (Wildman–Crippen LogP) is 0.951. The quantitative estimate of drug-likeness (QED) is 0.270. The molecule has 0 fully saturated rings. The summed E-state index contributed by atoms with van der Waals surface area (Å²) in [5.41, 5.74) is 5.77. The van der Waals surface area contributed by atoms with Crippen LogP contribution in [0.25, 0.3) is 10.4 Å². The zero-order valence-electron chi connectivity index (χ0n) is 13.0. The van der Waals surface area contributed by atoms with Crippen LogP contribution in [0, 0.1) is 6.92 Å². The molecule has 5 nitrogen and oxygen atoms in total. The number of esters is 1. The minimum absolute atomic E-state index is 0. The number of carbonyl (C=O) groups is 1. The molecule has 0 saturated heterocycles. The van der Waals surface area contributed by atoms with Crippen molar-refractivity contribution < 1.29 is 73.9 Å². The van der Waals surface area contributed by atoms with E-state index in [0.717, 1.165) is 12.1 Å². The van der Waals surface area contributed by atoms with Gasteiger partial charge in [-0.25, -0.2) is 4.79 Å². The Kier molecular flexibility index (Phi) is 7.67. The molecule has 0 unspecified atom stereocenters. The van der Waals surface area contributed by atoms with Gasteiger partial charge in [0.2, 0.25) is 0 Å². The molecule has 1 aromatic carbocycles. The fraction of sp³-hybridized carbons (Fsp3) is 0.417. The van der Waals surface area contributed by atoms with E-state index in [0.29, 0.717) is 0 Å². The average Bonchev–Trinajstić information content (AvgIpc) is 2.27. The molecule has 0 aromatic heterocycles. The van der Waals surface area contributed by atoms with Crippen molar-refractivity contribution in [2.45, 2.75) is 33.3 Å².